The van der Waals surface area contributed by atoms with Crippen LogP contribution in [0.15, 0.2) is 109 Å². The van der Waals surface area contributed by atoms with Gasteiger partial charge in [0.2, 0.25) is 5.78 Å². The summed E-state index contributed by atoms with van der Waals surface area (Å²) in [7, 11) is 0. The van der Waals surface area contributed by atoms with Gasteiger partial charge in [-0.05, 0) is 110 Å². The fraction of sp³-hybridized carbons (Fsp3) is 0.481. The van der Waals surface area contributed by atoms with Gasteiger partial charge in [0.15, 0.2) is 17.3 Å². The number of benzene rings is 4. The molecule has 4 rings (SSSR count). The zero-order valence-corrected chi connectivity index (χ0v) is 39.9. The Hall–Kier alpha value is -5.00. The molecule has 0 saturated heterocycles. The molecule has 0 spiro atoms. The first-order valence-electron chi connectivity index (χ1n) is 22.5. The summed E-state index contributed by atoms with van der Waals surface area (Å²) < 4.78 is 37.2. The summed E-state index contributed by atoms with van der Waals surface area (Å²) in [6.45, 7) is 22.3. The summed E-state index contributed by atoms with van der Waals surface area (Å²) in [5.41, 5.74) is -0.143. The van der Waals surface area contributed by atoms with Gasteiger partial charge in [0, 0.05) is 40.5 Å². The Balaban J connectivity index is 1.18. The van der Waals surface area contributed by atoms with Crippen LogP contribution in [0.25, 0.3) is 0 Å². The zero-order chi connectivity index (χ0) is 47.1. The topological polar surface area (TPSA) is 124 Å². The Morgan fingerprint density at radius 1 is 0.531 bits per heavy atom. The summed E-state index contributed by atoms with van der Waals surface area (Å²) in [5.74, 6) is 0.476. The summed E-state index contributed by atoms with van der Waals surface area (Å²) in [4.78, 5) is 51.9. The van der Waals surface area contributed by atoms with Crippen molar-refractivity contribution in [3.63, 3.8) is 0 Å². The van der Waals surface area contributed by atoms with E-state index >= 15 is 0 Å². The van der Waals surface area contributed by atoms with Crippen molar-refractivity contribution in [2.24, 2.45) is 5.41 Å². The highest BCUT2D eigenvalue weighted by Gasteiger charge is 2.38. The highest BCUT2D eigenvalue weighted by molar-refractivity contribution is 6.09. The molecule has 0 radical (unpaired) electrons. The van der Waals surface area contributed by atoms with Crippen molar-refractivity contribution in [1.82, 2.24) is 0 Å². The highest BCUT2D eigenvalue weighted by atomic mass is 16.5. The molecular formula is C54H70O10. The van der Waals surface area contributed by atoms with E-state index in [1.54, 1.807) is 79.7 Å². The van der Waals surface area contributed by atoms with Gasteiger partial charge in [-0.1, -0.05) is 88.4 Å². The molecule has 0 aromatic heterocycles. The lowest BCUT2D eigenvalue weighted by Crippen LogP contribution is -2.45. The van der Waals surface area contributed by atoms with Crippen LogP contribution in [0.5, 0.6) is 11.5 Å². The Morgan fingerprint density at radius 2 is 0.984 bits per heavy atom. The van der Waals surface area contributed by atoms with Gasteiger partial charge < -0.3 is 28.4 Å². The fourth-order valence-corrected chi connectivity index (χ4v) is 7.26. The molecule has 0 aliphatic heterocycles. The van der Waals surface area contributed by atoms with E-state index < -0.39 is 22.9 Å². The molecule has 0 amide bonds. The van der Waals surface area contributed by atoms with Gasteiger partial charge in [0.05, 0.1) is 36.6 Å². The van der Waals surface area contributed by atoms with Crippen LogP contribution in [-0.4, -0.2) is 84.7 Å². The molecule has 10 nitrogen and oxygen atoms in total. The maximum Gasteiger partial charge on any atom is 0.201 e. The normalized spacial score (nSPS) is 15.2. The molecule has 4 unspecified atom stereocenters. The molecule has 0 saturated carbocycles. The van der Waals surface area contributed by atoms with Crippen molar-refractivity contribution >= 4 is 23.1 Å². The molecular weight excluding hydrogens is 809 g/mol. The minimum Gasteiger partial charge on any atom is -0.486 e. The van der Waals surface area contributed by atoms with Gasteiger partial charge >= 0.3 is 0 Å². The van der Waals surface area contributed by atoms with Crippen LogP contribution in [-0.2, 0) is 28.5 Å². The molecule has 0 bridgehead atoms. The lowest BCUT2D eigenvalue weighted by molar-refractivity contribution is -0.164. The minimum absolute atomic E-state index is 0.0782. The molecule has 0 aliphatic rings. The maximum absolute atomic E-state index is 13.5. The Bertz CT molecular complexity index is 2100. The number of hydrogen-bond donors (Lipinski definition) is 0. The number of ether oxygens (including phenoxy) is 6. The molecule has 5 atom stereocenters. The summed E-state index contributed by atoms with van der Waals surface area (Å²) in [6.07, 6.45) is 1.11. The van der Waals surface area contributed by atoms with E-state index in [-0.39, 0.29) is 54.0 Å². The van der Waals surface area contributed by atoms with E-state index in [0.29, 0.717) is 66.2 Å². The van der Waals surface area contributed by atoms with E-state index in [9.17, 15) is 19.2 Å². The quantitative estimate of drug-likeness (QED) is 0.0509. The largest absolute Gasteiger partial charge is 0.486 e. The Labute approximate surface area is 381 Å². The van der Waals surface area contributed by atoms with Crippen LogP contribution in [0.1, 0.15) is 134 Å². The second-order valence-corrected chi connectivity index (χ2v) is 18.7. The first-order valence-corrected chi connectivity index (χ1v) is 22.5. The molecule has 0 aliphatic carbocycles. The monoisotopic (exact) mass is 878 g/mol. The van der Waals surface area contributed by atoms with Crippen LogP contribution in [0.2, 0.25) is 0 Å². The van der Waals surface area contributed by atoms with Gasteiger partial charge in [-0.2, -0.15) is 0 Å². The predicted octanol–water partition coefficient (Wildman–Crippen LogP) is 10.9. The van der Waals surface area contributed by atoms with Crippen molar-refractivity contribution in [2.45, 2.75) is 137 Å². The third-order valence-electron chi connectivity index (χ3n) is 11.6. The molecule has 64 heavy (non-hydrogen) atoms. The van der Waals surface area contributed by atoms with Crippen molar-refractivity contribution in [3.8, 4) is 11.5 Å². The van der Waals surface area contributed by atoms with E-state index in [0.717, 1.165) is 6.42 Å². The van der Waals surface area contributed by atoms with Gasteiger partial charge in [-0.3, -0.25) is 19.2 Å². The van der Waals surface area contributed by atoms with Crippen molar-refractivity contribution in [2.75, 3.05) is 26.4 Å². The molecule has 346 valence electrons. The number of hydrogen-bond acceptors (Lipinski definition) is 10. The zero-order valence-electron chi connectivity index (χ0n) is 39.9. The molecule has 0 heterocycles. The van der Waals surface area contributed by atoms with Crippen molar-refractivity contribution in [1.29, 1.82) is 0 Å². The van der Waals surface area contributed by atoms with Crippen molar-refractivity contribution < 1.29 is 47.6 Å². The van der Waals surface area contributed by atoms with Crippen LogP contribution in [0.3, 0.4) is 0 Å². The Morgan fingerprint density at radius 3 is 1.45 bits per heavy atom. The average molecular weight is 879 g/mol. The minimum atomic E-state index is -1.06. The second-order valence-electron chi connectivity index (χ2n) is 18.7. The van der Waals surface area contributed by atoms with Crippen LogP contribution < -0.4 is 9.47 Å². The standard InChI is InChI=1S/C54H70O10/c1-12-53(10,33-39(4)64-54(11,13-2)48(56)35-60-46-30-26-44(27-31-46)50(58)42-22-18-15-19-23-42)62-37-51(6,7)36-61-52(8,9)32-38(3)63-40(5)47(55)34-59-45-28-24-43(25-29-45)49(57)41-20-16-14-17-21-41/h14-31,38-40H,12-13,32-37H2,1-11H3/t38?,39?,40?,53?,54-/m1/s1. The molecule has 0 fully saturated rings. The van der Waals surface area contributed by atoms with Crippen molar-refractivity contribution in [3.05, 3.63) is 131 Å². The van der Waals surface area contributed by atoms with Gasteiger partial charge in [0.1, 0.15) is 36.4 Å². The van der Waals surface area contributed by atoms with Crippen LogP contribution in [0, 0.1) is 5.41 Å². The second kappa shape index (κ2) is 23.3. The van der Waals surface area contributed by atoms with Crippen LogP contribution in [0.4, 0.5) is 0 Å². The number of ketones is 4. The highest BCUT2D eigenvalue weighted by Crippen LogP contribution is 2.31. The summed E-state index contributed by atoms with van der Waals surface area (Å²) >= 11 is 0. The van der Waals surface area contributed by atoms with Crippen LogP contribution >= 0.6 is 0 Å². The Kier molecular flexibility index (Phi) is 18.8. The SMILES string of the molecule is CCC(C)(CC(C)O[C@](C)(CC)C(=O)COc1ccc(C(=O)c2ccccc2)cc1)OCC(C)(C)COC(C)(C)CC(C)OC(C)C(=O)COc1ccc(C(=O)c2ccccc2)cc1. The lowest BCUT2D eigenvalue weighted by Gasteiger charge is -2.39. The molecule has 0 N–H and O–H groups in total. The van der Waals surface area contributed by atoms with E-state index in [1.165, 1.54) is 0 Å². The summed E-state index contributed by atoms with van der Waals surface area (Å²) in [6, 6.07) is 31.7. The number of carbonyl (C=O) groups excluding carboxylic acids is 4. The first-order chi connectivity index (χ1) is 30.2. The molecule has 4 aromatic carbocycles. The third kappa shape index (κ3) is 15.9. The average Bonchev–Trinajstić information content (AvgIpc) is 3.28. The summed E-state index contributed by atoms with van der Waals surface area (Å²) in [5, 5.41) is 0. The molecule has 4 aromatic rings. The predicted molar refractivity (Wildman–Crippen MR) is 251 cm³/mol. The van der Waals surface area contributed by atoms with E-state index in [2.05, 4.69) is 27.7 Å². The fourth-order valence-electron chi connectivity index (χ4n) is 7.26. The van der Waals surface area contributed by atoms with Gasteiger partial charge in [-0.25, -0.2) is 0 Å². The smallest absolute Gasteiger partial charge is 0.201 e. The lowest BCUT2D eigenvalue weighted by atomic mass is 9.91. The number of carbonyl (C=O) groups is 4. The molecule has 10 heteroatoms. The van der Waals surface area contributed by atoms with E-state index in [4.69, 9.17) is 28.4 Å². The van der Waals surface area contributed by atoms with Gasteiger partial charge in [0.25, 0.3) is 0 Å². The first kappa shape index (κ1) is 51.6. The number of rotatable bonds is 28. The maximum atomic E-state index is 13.5. The third-order valence-corrected chi connectivity index (χ3v) is 11.6. The van der Waals surface area contributed by atoms with E-state index in [1.807, 2.05) is 77.9 Å². The van der Waals surface area contributed by atoms with Gasteiger partial charge in [-0.15, -0.1) is 0 Å². The number of Topliss-reactive ketones (excluding diaryl/α,β-unsaturated/α-hetero) is 2.